The van der Waals surface area contributed by atoms with Crippen LogP contribution in [0.2, 0.25) is 0 Å². The molecule has 1 amide bonds. The highest BCUT2D eigenvalue weighted by Gasteiger charge is 2.29. The Morgan fingerprint density at radius 1 is 0.912 bits per heavy atom. The number of para-hydroxylation sites is 2. The summed E-state index contributed by atoms with van der Waals surface area (Å²) >= 11 is 0. The van der Waals surface area contributed by atoms with E-state index < -0.39 is 10.2 Å². The maximum Gasteiger partial charge on any atom is 0.308 e. The summed E-state index contributed by atoms with van der Waals surface area (Å²) in [6.07, 6.45) is 2.95. The van der Waals surface area contributed by atoms with Gasteiger partial charge in [0.15, 0.2) is 0 Å². The van der Waals surface area contributed by atoms with Gasteiger partial charge >= 0.3 is 10.2 Å². The zero-order valence-corrected chi connectivity index (χ0v) is 19.7. The van der Waals surface area contributed by atoms with Gasteiger partial charge in [0.2, 0.25) is 0 Å². The van der Waals surface area contributed by atoms with E-state index in [1.165, 1.54) is 35.4 Å². The van der Waals surface area contributed by atoms with Crippen molar-refractivity contribution in [2.75, 3.05) is 26.0 Å². The van der Waals surface area contributed by atoms with Crippen LogP contribution in [0.25, 0.3) is 33.1 Å². The third-order valence-electron chi connectivity index (χ3n) is 5.78. The molecule has 0 aliphatic heterocycles. The summed E-state index contributed by atoms with van der Waals surface area (Å²) in [6, 6.07) is 19.9. The third kappa shape index (κ3) is 3.28. The normalized spacial score (nSPS) is 12.0. The number of furan rings is 1. The van der Waals surface area contributed by atoms with Crippen LogP contribution in [0.15, 0.2) is 83.6 Å². The van der Waals surface area contributed by atoms with Gasteiger partial charge in [-0.1, -0.05) is 36.4 Å². The highest BCUT2D eigenvalue weighted by atomic mass is 32.2. The summed E-state index contributed by atoms with van der Waals surface area (Å²) in [5, 5.41) is 1.25. The Kier molecular flexibility index (Phi) is 5.22. The monoisotopic (exact) mass is 474 g/mol. The average molecular weight is 475 g/mol. The van der Waals surface area contributed by atoms with Crippen LogP contribution >= 0.6 is 0 Å². The zero-order chi connectivity index (χ0) is 24.0. The first-order valence-electron chi connectivity index (χ1n) is 10.5. The fraction of sp³-hybridized carbons (Fsp3) is 0.120. The predicted molar refractivity (Wildman–Crippen MR) is 132 cm³/mol. The summed E-state index contributed by atoms with van der Waals surface area (Å²) in [4.78, 5) is 19.6. The van der Waals surface area contributed by atoms with Crippen molar-refractivity contribution in [2.24, 2.45) is 0 Å². The van der Waals surface area contributed by atoms with Gasteiger partial charge in [-0.05, 0) is 30.3 Å². The van der Waals surface area contributed by atoms with E-state index in [2.05, 4.69) is 4.98 Å². The van der Waals surface area contributed by atoms with Gasteiger partial charge < -0.3 is 9.32 Å². The first-order chi connectivity index (χ1) is 16.3. The largest absolute Gasteiger partial charge is 0.464 e. The lowest BCUT2D eigenvalue weighted by molar-refractivity contribution is 0.0989. The Hall–Kier alpha value is -3.95. The van der Waals surface area contributed by atoms with Gasteiger partial charge in [-0.15, -0.1) is 0 Å². The molecule has 0 saturated carbocycles. The maximum atomic E-state index is 13.6. The van der Waals surface area contributed by atoms with E-state index >= 15 is 0 Å². The number of pyridine rings is 1. The first kappa shape index (κ1) is 21.9. The molecule has 0 bridgehead atoms. The van der Waals surface area contributed by atoms with Crippen LogP contribution < -0.4 is 4.90 Å². The minimum Gasteiger partial charge on any atom is -0.464 e. The fourth-order valence-corrected chi connectivity index (χ4v) is 5.20. The second-order valence-electron chi connectivity index (χ2n) is 7.99. The Morgan fingerprint density at radius 2 is 1.62 bits per heavy atom. The van der Waals surface area contributed by atoms with E-state index in [0.29, 0.717) is 38.8 Å². The lowest BCUT2D eigenvalue weighted by Crippen LogP contribution is -2.29. The van der Waals surface area contributed by atoms with Crippen molar-refractivity contribution >= 4 is 43.6 Å². The number of carbonyl (C=O) groups is 1. The molecule has 5 aromatic rings. The molecule has 3 aromatic heterocycles. The molecule has 3 heterocycles. The fourth-order valence-electron chi connectivity index (χ4n) is 4.08. The quantitative estimate of drug-likeness (QED) is 0.377. The molecule has 2 aromatic carbocycles. The first-order valence-corrected chi connectivity index (χ1v) is 11.9. The summed E-state index contributed by atoms with van der Waals surface area (Å²) in [5.74, 6) is 0.0832. The van der Waals surface area contributed by atoms with Crippen molar-refractivity contribution in [1.29, 1.82) is 0 Å². The van der Waals surface area contributed by atoms with Crippen LogP contribution in [-0.4, -0.2) is 48.7 Å². The predicted octanol–water partition coefficient (Wildman–Crippen LogP) is 4.38. The number of benzene rings is 2. The highest BCUT2D eigenvalue weighted by molar-refractivity contribution is 7.87. The highest BCUT2D eigenvalue weighted by Crippen LogP contribution is 2.39. The van der Waals surface area contributed by atoms with Crippen molar-refractivity contribution in [1.82, 2.24) is 13.3 Å². The number of nitrogens with zero attached hydrogens (tertiary/aromatic N) is 4. The van der Waals surface area contributed by atoms with Crippen molar-refractivity contribution in [3.05, 3.63) is 84.9 Å². The van der Waals surface area contributed by atoms with Crippen LogP contribution in [-0.2, 0) is 10.2 Å². The van der Waals surface area contributed by atoms with Gasteiger partial charge in [-0.25, -0.2) is 8.96 Å². The molecular formula is C25H22N4O4S. The summed E-state index contributed by atoms with van der Waals surface area (Å²) in [7, 11) is 0.747. The van der Waals surface area contributed by atoms with E-state index in [4.69, 9.17) is 4.42 Å². The molecule has 5 rings (SSSR count). The molecule has 0 atom stereocenters. The number of fused-ring (bicyclic) bond motifs is 3. The second-order valence-corrected chi connectivity index (χ2v) is 9.98. The van der Waals surface area contributed by atoms with Crippen LogP contribution in [0.3, 0.4) is 0 Å². The average Bonchev–Trinajstić information content (AvgIpc) is 3.49. The molecule has 0 spiro atoms. The van der Waals surface area contributed by atoms with Gasteiger partial charge in [0.05, 0.1) is 29.1 Å². The Balaban J connectivity index is 1.88. The zero-order valence-electron chi connectivity index (χ0n) is 18.8. The number of anilines is 1. The molecule has 34 heavy (non-hydrogen) atoms. The summed E-state index contributed by atoms with van der Waals surface area (Å²) in [6.45, 7) is 0. The minimum atomic E-state index is -3.88. The topological polar surface area (TPSA) is 88.6 Å². The van der Waals surface area contributed by atoms with Crippen LogP contribution in [0.5, 0.6) is 0 Å². The van der Waals surface area contributed by atoms with E-state index in [1.54, 1.807) is 31.3 Å². The number of carbonyl (C=O) groups excluding carboxylic acids is 1. The molecule has 9 heteroatoms. The molecule has 0 aliphatic carbocycles. The van der Waals surface area contributed by atoms with Gasteiger partial charge in [0, 0.05) is 37.6 Å². The van der Waals surface area contributed by atoms with Crippen molar-refractivity contribution < 1.29 is 17.6 Å². The van der Waals surface area contributed by atoms with E-state index in [-0.39, 0.29) is 11.6 Å². The number of aromatic nitrogens is 2. The van der Waals surface area contributed by atoms with Crippen molar-refractivity contribution in [2.45, 2.75) is 0 Å². The van der Waals surface area contributed by atoms with E-state index in [0.717, 1.165) is 4.31 Å². The molecule has 0 radical (unpaired) electrons. The molecule has 0 saturated heterocycles. The lowest BCUT2D eigenvalue weighted by Gasteiger charge is -2.19. The maximum absolute atomic E-state index is 13.6. The molecule has 8 nitrogen and oxygen atoms in total. The Morgan fingerprint density at radius 3 is 2.29 bits per heavy atom. The van der Waals surface area contributed by atoms with Gasteiger partial charge in [-0.3, -0.25) is 4.79 Å². The number of rotatable bonds is 5. The summed E-state index contributed by atoms with van der Waals surface area (Å²) in [5.41, 5.74) is 2.16. The molecule has 0 aliphatic rings. The number of hydrogen-bond acceptors (Lipinski definition) is 5. The van der Waals surface area contributed by atoms with E-state index in [9.17, 15) is 13.2 Å². The van der Waals surface area contributed by atoms with Crippen molar-refractivity contribution in [3.63, 3.8) is 0 Å². The SMILES string of the molecule is CN(C(=O)c1ncc2c(c1-c1ccco1)c1ccccc1n2S(=O)(=O)N(C)C)c1ccccc1. The van der Waals surface area contributed by atoms with Gasteiger partial charge in [0.1, 0.15) is 11.5 Å². The minimum absolute atomic E-state index is 0.166. The van der Waals surface area contributed by atoms with Gasteiger partial charge in [-0.2, -0.15) is 12.7 Å². The van der Waals surface area contributed by atoms with Crippen LogP contribution in [0.1, 0.15) is 10.5 Å². The number of hydrogen-bond donors (Lipinski definition) is 0. The molecule has 172 valence electrons. The van der Waals surface area contributed by atoms with Crippen molar-refractivity contribution in [3.8, 4) is 11.3 Å². The van der Waals surface area contributed by atoms with Crippen LogP contribution in [0, 0.1) is 0 Å². The van der Waals surface area contributed by atoms with Crippen LogP contribution in [0.4, 0.5) is 5.69 Å². The second kappa shape index (κ2) is 8.12. The third-order valence-corrected chi connectivity index (χ3v) is 7.56. The van der Waals surface area contributed by atoms with Gasteiger partial charge in [0.25, 0.3) is 5.91 Å². The summed E-state index contributed by atoms with van der Waals surface area (Å²) < 4.78 is 34.7. The smallest absolute Gasteiger partial charge is 0.308 e. The molecule has 0 N–H and O–H groups in total. The standard InChI is InChI=1S/C25H22N4O4S/c1-27(2)34(31,32)29-19-13-8-7-12-18(19)22-20(29)16-26-24(23(22)21-14-9-15-33-21)25(30)28(3)17-10-5-4-6-11-17/h4-16H,1-3H3. The molecule has 0 unspecified atom stereocenters. The van der Waals surface area contributed by atoms with E-state index in [1.807, 2.05) is 42.5 Å². The lowest BCUT2D eigenvalue weighted by atomic mass is 10.0. The molecular weight excluding hydrogens is 452 g/mol. The Labute approximate surface area is 196 Å². The Bertz CT molecular complexity index is 1620. The molecule has 0 fully saturated rings. The number of amides is 1.